The molecule has 2 heteroatoms. The van der Waals surface area contributed by atoms with Gasteiger partial charge < -0.3 is 4.90 Å². The Kier molecular flexibility index (Phi) is 4.90. The molecule has 1 atom stereocenters. The Labute approximate surface area is 89.3 Å². The van der Waals surface area contributed by atoms with Crippen LogP contribution in [0.1, 0.15) is 33.6 Å². The highest BCUT2D eigenvalue weighted by atomic mass is 15.3. The summed E-state index contributed by atoms with van der Waals surface area (Å²) in [6.07, 6.45) is 2.67. The highest BCUT2D eigenvalue weighted by molar-refractivity contribution is 4.77. The summed E-state index contributed by atoms with van der Waals surface area (Å²) in [5, 5.41) is 0. The van der Waals surface area contributed by atoms with Crippen molar-refractivity contribution >= 4 is 0 Å². The lowest BCUT2D eigenvalue weighted by atomic mass is 10.00. The largest absolute Gasteiger partial charge is 0.304 e. The molecule has 1 aliphatic rings. The summed E-state index contributed by atoms with van der Waals surface area (Å²) < 4.78 is 0. The first-order chi connectivity index (χ1) is 6.63. The second kappa shape index (κ2) is 5.72. The molecule has 0 saturated carbocycles. The van der Waals surface area contributed by atoms with Gasteiger partial charge in [-0.15, -0.1) is 0 Å². The van der Waals surface area contributed by atoms with E-state index >= 15 is 0 Å². The van der Waals surface area contributed by atoms with Crippen molar-refractivity contribution in [3.05, 3.63) is 0 Å². The van der Waals surface area contributed by atoms with E-state index in [1.54, 1.807) is 0 Å². The van der Waals surface area contributed by atoms with E-state index in [-0.39, 0.29) is 0 Å². The summed E-state index contributed by atoms with van der Waals surface area (Å²) in [4.78, 5) is 5.11. The van der Waals surface area contributed by atoms with Gasteiger partial charge in [-0.25, -0.2) is 0 Å². The second-order valence-electron chi connectivity index (χ2n) is 5.03. The molecule has 0 spiro atoms. The van der Waals surface area contributed by atoms with Crippen molar-refractivity contribution in [2.75, 3.05) is 33.2 Å². The Morgan fingerprint density at radius 2 is 1.64 bits per heavy atom. The maximum atomic E-state index is 2.68. The van der Waals surface area contributed by atoms with Crippen molar-refractivity contribution < 1.29 is 0 Å². The van der Waals surface area contributed by atoms with Gasteiger partial charge in [-0.05, 0) is 25.8 Å². The Hall–Kier alpha value is -0.0800. The van der Waals surface area contributed by atoms with Crippen LogP contribution in [0.15, 0.2) is 0 Å². The summed E-state index contributed by atoms with van der Waals surface area (Å²) >= 11 is 0. The molecule has 1 aliphatic heterocycles. The fourth-order valence-corrected chi connectivity index (χ4v) is 2.31. The van der Waals surface area contributed by atoms with Crippen LogP contribution in [0.5, 0.6) is 0 Å². The van der Waals surface area contributed by atoms with E-state index in [1.807, 2.05) is 0 Å². The third-order valence-electron chi connectivity index (χ3n) is 3.27. The normalized spacial score (nSPS) is 22.9. The Morgan fingerprint density at radius 1 is 1.07 bits per heavy atom. The van der Waals surface area contributed by atoms with Gasteiger partial charge in [0.15, 0.2) is 0 Å². The van der Waals surface area contributed by atoms with E-state index in [4.69, 9.17) is 0 Å². The summed E-state index contributed by atoms with van der Waals surface area (Å²) in [5.41, 5.74) is 0. The molecule has 0 aromatic heterocycles. The van der Waals surface area contributed by atoms with Gasteiger partial charge in [-0.1, -0.05) is 20.8 Å². The Morgan fingerprint density at radius 3 is 2.07 bits per heavy atom. The lowest BCUT2D eigenvalue weighted by Gasteiger charge is -2.38. The van der Waals surface area contributed by atoms with Gasteiger partial charge in [-0.2, -0.15) is 0 Å². The van der Waals surface area contributed by atoms with Crippen molar-refractivity contribution in [1.82, 2.24) is 9.80 Å². The van der Waals surface area contributed by atoms with E-state index in [2.05, 4.69) is 37.6 Å². The zero-order valence-electron chi connectivity index (χ0n) is 10.3. The summed E-state index contributed by atoms with van der Waals surface area (Å²) in [7, 11) is 2.22. The number of rotatable bonds is 4. The molecule has 0 N–H and O–H groups in total. The first kappa shape index (κ1) is 12.0. The van der Waals surface area contributed by atoms with Gasteiger partial charge in [0, 0.05) is 32.2 Å². The smallest absolute Gasteiger partial charge is 0.0113 e. The maximum absolute atomic E-state index is 2.68. The molecule has 2 nitrogen and oxygen atoms in total. The first-order valence-corrected chi connectivity index (χ1v) is 6.06. The van der Waals surface area contributed by atoms with E-state index in [0.717, 1.165) is 12.0 Å². The van der Waals surface area contributed by atoms with Crippen molar-refractivity contribution in [3.8, 4) is 0 Å². The third kappa shape index (κ3) is 3.58. The number of hydrogen-bond acceptors (Lipinski definition) is 2. The summed E-state index contributed by atoms with van der Waals surface area (Å²) in [6.45, 7) is 12.0. The molecule has 0 bridgehead atoms. The van der Waals surface area contributed by atoms with E-state index in [0.29, 0.717) is 0 Å². The van der Waals surface area contributed by atoms with Crippen molar-refractivity contribution in [2.24, 2.45) is 5.92 Å². The van der Waals surface area contributed by atoms with Crippen molar-refractivity contribution in [3.63, 3.8) is 0 Å². The van der Waals surface area contributed by atoms with Crippen molar-refractivity contribution in [2.45, 2.75) is 39.7 Å². The average molecular weight is 198 g/mol. The van der Waals surface area contributed by atoms with Crippen LogP contribution in [-0.2, 0) is 0 Å². The molecular weight excluding hydrogens is 172 g/mol. The van der Waals surface area contributed by atoms with Crippen LogP contribution < -0.4 is 0 Å². The molecule has 84 valence electrons. The zero-order valence-corrected chi connectivity index (χ0v) is 10.3. The molecule has 0 aromatic rings. The zero-order chi connectivity index (χ0) is 10.6. The minimum absolute atomic E-state index is 0.823. The molecule has 0 unspecified atom stereocenters. The van der Waals surface area contributed by atoms with E-state index < -0.39 is 0 Å². The molecule has 1 rings (SSSR count). The molecule has 1 heterocycles. The molecule has 0 radical (unpaired) electrons. The van der Waals surface area contributed by atoms with Gasteiger partial charge in [0.05, 0.1) is 0 Å². The molecule has 0 aliphatic carbocycles. The van der Waals surface area contributed by atoms with Gasteiger partial charge in [-0.3, -0.25) is 4.90 Å². The SMILES string of the molecule is CC[C@@H](CC(C)C)N1CCN(C)CC1. The number of hydrogen-bond donors (Lipinski definition) is 0. The predicted molar refractivity (Wildman–Crippen MR) is 62.6 cm³/mol. The van der Waals surface area contributed by atoms with Crippen LogP contribution >= 0.6 is 0 Å². The minimum atomic E-state index is 0.823. The van der Waals surface area contributed by atoms with Crippen molar-refractivity contribution in [1.29, 1.82) is 0 Å². The summed E-state index contributed by atoms with van der Waals surface area (Å²) in [6, 6.07) is 0.823. The quantitative estimate of drug-likeness (QED) is 0.682. The Balaban J connectivity index is 2.36. The average Bonchev–Trinajstić information content (AvgIpc) is 2.15. The molecule has 0 aromatic carbocycles. The highest BCUT2D eigenvalue weighted by Crippen LogP contribution is 2.16. The number of nitrogens with zero attached hydrogens (tertiary/aromatic N) is 2. The standard InChI is InChI=1S/C12H26N2/c1-5-12(10-11(2)3)14-8-6-13(4)7-9-14/h11-12H,5-10H2,1-4H3/t12-/m0/s1. The van der Waals surface area contributed by atoms with Crippen LogP contribution in [0.2, 0.25) is 0 Å². The van der Waals surface area contributed by atoms with Crippen LogP contribution in [-0.4, -0.2) is 49.1 Å². The third-order valence-corrected chi connectivity index (χ3v) is 3.27. The molecule has 1 fully saturated rings. The highest BCUT2D eigenvalue weighted by Gasteiger charge is 2.21. The van der Waals surface area contributed by atoms with Gasteiger partial charge in [0.1, 0.15) is 0 Å². The van der Waals surface area contributed by atoms with Gasteiger partial charge >= 0.3 is 0 Å². The maximum Gasteiger partial charge on any atom is 0.0113 e. The lowest BCUT2D eigenvalue weighted by molar-refractivity contribution is 0.0979. The molecule has 14 heavy (non-hydrogen) atoms. The monoisotopic (exact) mass is 198 g/mol. The van der Waals surface area contributed by atoms with Crippen LogP contribution in [0.4, 0.5) is 0 Å². The predicted octanol–water partition coefficient (Wildman–Crippen LogP) is 2.06. The fraction of sp³-hybridized carbons (Fsp3) is 1.00. The number of likely N-dealkylation sites (N-methyl/N-ethyl adjacent to an activating group) is 1. The van der Waals surface area contributed by atoms with Crippen LogP contribution in [0, 0.1) is 5.92 Å². The molecule has 1 saturated heterocycles. The summed E-state index contributed by atoms with van der Waals surface area (Å²) in [5.74, 6) is 0.833. The van der Waals surface area contributed by atoms with Gasteiger partial charge in [0.25, 0.3) is 0 Å². The molecular formula is C12H26N2. The van der Waals surface area contributed by atoms with Crippen LogP contribution in [0.3, 0.4) is 0 Å². The van der Waals surface area contributed by atoms with Gasteiger partial charge in [0.2, 0.25) is 0 Å². The van der Waals surface area contributed by atoms with Crippen LogP contribution in [0.25, 0.3) is 0 Å². The lowest BCUT2D eigenvalue weighted by Crippen LogP contribution is -2.49. The fourth-order valence-electron chi connectivity index (χ4n) is 2.31. The van der Waals surface area contributed by atoms with E-state index in [1.165, 1.54) is 39.0 Å². The first-order valence-electron chi connectivity index (χ1n) is 6.06. The van der Waals surface area contributed by atoms with E-state index in [9.17, 15) is 0 Å². The Bertz CT molecular complexity index is 148. The molecule has 0 amide bonds. The number of piperazine rings is 1. The minimum Gasteiger partial charge on any atom is -0.304 e. The topological polar surface area (TPSA) is 6.48 Å². The second-order valence-corrected chi connectivity index (χ2v) is 5.03.